The van der Waals surface area contributed by atoms with Crippen LogP contribution in [0.1, 0.15) is 30.7 Å². The van der Waals surface area contributed by atoms with Crippen molar-refractivity contribution >= 4 is 28.4 Å². The van der Waals surface area contributed by atoms with Gasteiger partial charge in [-0.2, -0.15) is 8.78 Å². The second-order valence-electron chi connectivity index (χ2n) is 9.03. The zero-order chi connectivity index (χ0) is 27.6. The van der Waals surface area contributed by atoms with Gasteiger partial charge in [0.2, 0.25) is 17.2 Å². The minimum Gasteiger partial charge on any atom is -0.415 e. The first-order chi connectivity index (χ1) is 18.0. The molecule has 38 heavy (non-hydrogen) atoms. The lowest BCUT2D eigenvalue weighted by atomic mass is 10.1. The van der Waals surface area contributed by atoms with Crippen molar-refractivity contribution in [3.05, 3.63) is 51.4 Å². The number of halogens is 4. The first-order valence-corrected chi connectivity index (χ1v) is 12.1. The zero-order valence-corrected chi connectivity index (χ0v) is 21.2. The number of alkyl halides is 4. The third kappa shape index (κ3) is 5.72. The fourth-order valence-corrected chi connectivity index (χ4v) is 4.52. The maximum atomic E-state index is 13.7. The molecular formula is C25H28F4N6O3. The van der Waals surface area contributed by atoms with Crippen LogP contribution in [0.3, 0.4) is 0 Å². The van der Waals surface area contributed by atoms with Gasteiger partial charge < -0.3 is 24.8 Å². The maximum Gasteiger partial charge on any atom is 0.388 e. The minimum absolute atomic E-state index is 0.0418. The van der Waals surface area contributed by atoms with E-state index in [4.69, 9.17) is 0 Å². The Balaban J connectivity index is 1.77. The molecule has 3 aromatic rings. The van der Waals surface area contributed by atoms with Gasteiger partial charge in [0.15, 0.2) is 11.2 Å². The number of anilines is 2. The summed E-state index contributed by atoms with van der Waals surface area (Å²) >= 11 is 0. The number of fused-ring (bicyclic) bond motifs is 1. The second kappa shape index (κ2) is 10.9. The number of nitrogens with zero attached hydrogens (tertiary/aromatic N) is 4. The van der Waals surface area contributed by atoms with E-state index in [2.05, 4.69) is 25.3 Å². The highest BCUT2D eigenvalue weighted by Gasteiger charge is 2.27. The van der Waals surface area contributed by atoms with Gasteiger partial charge in [0.1, 0.15) is 12.2 Å². The van der Waals surface area contributed by atoms with Gasteiger partial charge >= 0.3 is 6.61 Å². The van der Waals surface area contributed by atoms with E-state index >= 15 is 0 Å². The molecule has 13 heteroatoms. The molecule has 1 aliphatic rings. The van der Waals surface area contributed by atoms with E-state index in [1.807, 2.05) is 11.8 Å². The number of ether oxygens (including phenoxy) is 1. The quantitative estimate of drug-likeness (QED) is 0.426. The monoisotopic (exact) mass is 536 g/mol. The van der Waals surface area contributed by atoms with E-state index in [9.17, 15) is 27.2 Å². The minimum atomic E-state index is -3.15. The molecule has 0 bridgehead atoms. The topological polar surface area (TPSA) is 101 Å². The summed E-state index contributed by atoms with van der Waals surface area (Å²) in [4.78, 5) is 36.7. The van der Waals surface area contributed by atoms with Gasteiger partial charge in [0.25, 0.3) is 5.92 Å². The van der Waals surface area contributed by atoms with E-state index < -0.39 is 29.7 Å². The number of aryl methyl sites for hydroxylation is 1. The number of pyridine rings is 1. The number of carbonyl (C=O) groups excluding carboxylic acids is 1. The molecule has 0 radical (unpaired) electrons. The molecule has 1 amide bonds. The highest BCUT2D eigenvalue weighted by Crippen LogP contribution is 2.30. The summed E-state index contributed by atoms with van der Waals surface area (Å²) in [5, 5.41) is 5.94. The highest BCUT2D eigenvalue weighted by atomic mass is 19.3. The molecule has 0 unspecified atom stereocenters. The highest BCUT2D eigenvalue weighted by molar-refractivity contribution is 5.92. The van der Waals surface area contributed by atoms with Crippen molar-refractivity contribution < 1.29 is 27.1 Å². The van der Waals surface area contributed by atoms with Crippen LogP contribution < -0.4 is 25.7 Å². The molecule has 3 heterocycles. The number of carbonyl (C=O) groups is 1. The van der Waals surface area contributed by atoms with Crippen LogP contribution in [-0.2, 0) is 23.7 Å². The van der Waals surface area contributed by atoms with Crippen LogP contribution in [0.2, 0.25) is 0 Å². The van der Waals surface area contributed by atoms with Gasteiger partial charge in [-0.15, -0.1) is 0 Å². The lowest BCUT2D eigenvalue weighted by Crippen LogP contribution is -2.46. The van der Waals surface area contributed by atoms with E-state index in [0.29, 0.717) is 55.2 Å². The number of benzene rings is 1. The molecular weight excluding hydrogens is 508 g/mol. The molecule has 0 atom stereocenters. The molecule has 1 aromatic carbocycles. The average molecular weight is 537 g/mol. The summed E-state index contributed by atoms with van der Waals surface area (Å²) in [6.45, 7) is 3.10. The van der Waals surface area contributed by atoms with Crippen LogP contribution in [0.15, 0.2) is 29.2 Å². The number of rotatable bonds is 8. The van der Waals surface area contributed by atoms with Gasteiger partial charge in [0.05, 0.1) is 6.20 Å². The number of nitrogens with one attached hydrogen (secondary N) is 2. The summed E-state index contributed by atoms with van der Waals surface area (Å²) < 4.78 is 58.9. The number of piperazine rings is 1. The SMILES string of the molecule is CCc1c(N2CCNCC2)c(=O)c2nc(OC(F)F)cnc2n1CC(=O)Nc1ccc(C(C)(F)F)cc1C. The van der Waals surface area contributed by atoms with Gasteiger partial charge in [-0.1, -0.05) is 13.0 Å². The third-order valence-corrected chi connectivity index (χ3v) is 6.30. The average Bonchev–Trinajstić information content (AvgIpc) is 2.86. The molecule has 0 aliphatic carbocycles. The van der Waals surface area contributed by atoms with Crippen LogP contribution in [0.4, 0.5) is 28.9 Å². The lowest BCUT2D eigenvalue weighted by molar-refractivity contribution is -0.116. The van der Waals surface area contributed by atoms with Crippen molar-refractivity contribution in [2.24, 2.45) is 0 Å². The van der Waals surface area contributed by atoms with E-state index in [-0.39, 0.29) is 23.3 Å². The molecule has 1 aliphatic heterocycles. The van der Waals surface area contributed by atoms with E-state index in [1.165, 1.54) is 22.8 Å². The lowest BCUT2D eigenvalue weighted by Gasteiger charge is -2.31. The van der Waals surface area contributed by atoms with Gasteiger partial charge in [-0.05, 0) is 31.0 Å². The van der Waals surface area contributed by atoms with Crippen LogP contribution in [0.5, 0.6) is 5.88 Å². The van der Waals surface area contributed by atoms with E-state index in [1.54, 1.807) is 6.92 Å². The van der Waals surface area contributed by atoms with Gasteiger partial charge in [-0.25, -0.2) is 18.7 Å². The standard InChI is InChI=1S/C25H28F4N6O3/c1-4-17-21(34-9-7-30-8-10-34)22(37)20-23(31-12-19(33-20)38-24(26)27)35(17)13-18(36)32-16-6-5-15(11-14(16)2)25(3,28)29/h5-6,11-12,24,30H,4,7-10,13H2,1-3H3,(H,32,36). The maximum absolute atomic E-state index is 13.7. The van der Waals surface area contributed by atoms with Crippen LogP contribution >= 0.6 is 0 Å². The number of amides is 1. The van der Waals surface area contributed by atoms with Crippen molar-refractivity contribution in [3.63, 3.8) is 0 Å². The molecule has 4 rings (SSSR count). The predicted molar refractivity (Wildman–Crippen MR) is 134 cm³/mol. The summed E-state index contributed by atoms with van der Waals surface area (Å²) in [5.74, 6) is -4.03. The van der Waals surface area contributed by atoms with Gasteiger partial charge in [0, 0.05) is 50.0 Å². The Morgan fingerprint density at radius 1 is 1.26 bits per heavy atom. The number of aromatic nitrogens is 3. The first-order valence-electron chi connectivity index (χ1n) is 12.1. The van der Waals surface area contributed by atoms with Crippen LogP contribution in [0, 0.1) is 6.92 Å². The zero-order valence-electron chi connectivity index (χ0n) is 21.2. The van der Waals surface area contributed by atoms with Gasteiger partial charge in [-0.3, -0.25) is 9.59 Å². The van der Waals surface area contributed by atoms with E-state index in [0.717, 1.165) is 13.1 Å². The molecule has 9 nitrogen and oxygen atoms in total. The second-order valence-corrected chi connectivity index (χ2v) is 9.03. The molecule has 0 spiro atoms. The van der Waals surface area contributed by atoms with Crippen LogP contribution in [0.25, 0.3) is 11.2 Å². The smallest absolute Gasteiger partial charge is 0.388 e. The van der Waals surface area contributed by atoms with Crippen molar-refractivity contribution in [2.75, 3.05) is 36.4 Å². The molecule has 1 saturated heterocycles. The van der Waals surface area contributed by atoms with Crippen molar-refractivity contribution in [3.8, 4) is 5.88 Å². The number of hydrogen-bond acceptors (Lipinski definition) is 7. The Hall–Kier alpha value is -3.74. The van der Waals surface area contributed by atoms with Crippen molar-refractivity contribution in [1.29, 1.82) is 0 Å². The van der Waals surface area contributed by atoms with Crippen molar-refractivity contribution in [1.82, 2.24) is 19.9 Å². The first kappa shape index (κ1) is 27.3. The Kier molecular flexibility index (Phi) is 7.86. The summed E-state index contributed by atoms with van der Waals surface area (Å²) in [6.07, 6.45) is 1.34. The molecule has 2 N–H and O–H groups in total. The molecule has 204 valence electrons. The van der Waals surface area contributed by atoms with Crippen LogP contribution in [-0.4, -0.2) is 53.2 Å². The summed E-state index contributed by atoms with van der Waals surface area (Å²) in [6, 6.07) is 3.96. The third-order valence-electron chi connectivity index (χ3n) is 6.30. The Labute approximate surface area is 215 Å². The fourth-order valence-electron chi connectivity index (χ4n) is 4.52. The molecule has 0 saturated carbocycles. The Bertz CT molecular complexity index is 1400. The number of hydrogen-bond donors (Lipinski definition) is 2. The molecule has 2 aromatic heterocycles. The Morgan fingerprint density at radius 3 is 2.58 bits per heavy atom. The fraction of sp³-hybridized carbons (Fsp3) is 0.440. The summed E-state index contributed by atoms with van der Waals surface area (Å²) in [7, 11) is 0. The summed E-state index contributed by atoms with van der Waals surface area (Å²) in [5.41, 5.74) is 0.838. The normalized spacial score (nSPS) is 14.3. The molecule has 1 fully saturated rings. The predicted octanol–water partition coefficient (Wildman–Crippen LogP) is 3.42. The van der Waals surface area contributed by atoms with Crippen molar-refractivity contribution in [2.45, 2.75) is 46.3 Å². The Morgan fingerprint density at radius 2 is 1.97 bits per heavy atom. The largest absolute Gasteiger partial charge is 0.415 e.